The fraction of sp³-hybridized carbons (Fsp3) is 0.318. The van der Waals surface area contributed by atoms with E-state index >= 15 is 0 Å². The van der Waals surface area contributed by atoms with Gasteiger partial charge in [0.15, 0.2) is 14.6 Å². The summed E-state index contributed by atoms with van der Waals surface area (Å²) in [4.78, 5) is 13.5. The molecular formula is C22H23NO5S. The molecule has 1 amide bonds. The molecule has 0 radical (unpaired) electrons. The topological polar surface area (TPSA) is 85.6 Å². The van der Waals surface area contributed by atoms with Gasteiger partial charge in [0.05, 0.1) is 10.9 Å². The number of para-hydroxylation sites is 1. The van der Waals surface area contributed by atoms with Crippen molar-refractivity contribution in [2.24, 2.45) is 0 Å². The summed E-state index contributed by atoms with van der Waals surface area (Å²) in [5.74, 6) is 0.0662. The first-order valence-electron chi connectivity index (χ1n) is 9.61. The van der Waals surface area contributed by atoms with Gasteiger partial charge in [-0.15, -0.1) is 0 Å². The van der Waals surface area contributed by atoms with Crippen molar-refractivity contribution >= 4 is 26.7 Å². The predicted molar refractivity (Wildman–Crippen MR) is 109 cm³/mol. The number of carbonyl (C=O) groups excluding carboxylic acids is 1. The van der Waals surface area contributed by atoms with Crippen LogP contribution in [0.5, 0.6) is 0 Å². The number of furan rings is 1. The van der Waals surface area contributed by atoms with Crippen molar-refractivity contribution in [1.82, 2.24) is 5.32 Å². The highest BCUT2D eigenvalue weighted by Gasteiger charge is 2.52. The second kappa shape index (κ2) is 7.65. The van der Waals surface area contributed by atoms with Crippen molar-refractivity contribution in [1.29, 1.82) is 0 Å². The molecule has 1 saturated heterocycles. The van der Waals surface area contributed by atoms with E-state index in [4.69, 9.17) is 9.15 Å². The molecule has 0 saturated carbocycles. The molecule has 0 aliphatic carbocycles. The van der Waals surface area contributed by atoms with Crippen molar-refractivity contribution in [3.05, 3.63) is 66.4 Å². The molecule has 2 aromatic carbocycles. The molecule has 7 heteroatoms. The van der Waals surface area contributed by atoms with Gasteiger partial charge in [-0.25, -0.2) is 8.42 Å². The van der Waals surface area contributed by atoms with Crippen molar-refractivity contribution in [2.45, 2.75) is 35.4 Å². The molecule has 3 aromatic rings. The number of carbonyl (C=O) groups is 1. The molecule has 0 bridgehead atoms. The summed E-state index contributed by atoms with van der Waals surface area (Å²) in [7, 11) is -3.90. The fourth-order valence-corrected chi connectivity index (χ4v) is 5.73. The van der Waals surface area contributed by atoms with E-state index in [0.717, 1.165) is 11.0 Å². The summed E-state index contributed by atoms with van der Waals surface area (Å²) in [5, 5.41) is 3.81. The third kappa shape index (κ3) is 3.45. The predicted octanol–water partition coefficient (Wildman–Crippen LogP) is 3.63. The van der Waals surface area contributed by atoms with Crippen LogP contribution in [-0.4, -0.2) is 32.3 Å². The molecule has 152 valence electrons. The van der Waals surface area contributed by atoms with Crippen LogP contribution in [0, 0.1) is 0 Å². The molecule has 4 rings (SSSR count). The number of ether oxygens (including phenoxy) is 1. The van der Waals surface area contributed by atoms with Gasteiger partial charge in [-0.2, -0.15) is 0 Å². The smallest absolute Gasteiger partial charge is 0.242 e. The molecule has 0 unspecified atom stereocenters. The Bertz CT molecular complexity index is 1080. The Balaban J connectivity index is 1.65. The molecule has 2 heterocycles. The van der Waals surface area contributed by atoms with E-state index in [-0.39, 0.29) is 31.0 Å². The maximum Gasteiger partial charge on any atom is 0.242 e. The summed E-state index contributed by atoms with van der Waals surface area (Å²) >= 11 is 0. The molecular weight excluding hydrogens is 390 g/mol. The summed E-state index contributed by atoms with van der Waals surface area (Å²) in [6, 6.07) is 17.1. The number of rotatable bonds is 5. The third-order valence-electron chi connectivity index (χ3n) is 5.50. The maximum atomic E-state index is 13.5. The Hall–Kier alpha value is -2.64. The lowest BCUT2D eigenvalue weighted by atomic mass is 9.97. The molecule has 1 N–H and O–H groups in total. The molecule has 29 heavy (non-hydrogen) atoms. The highest BCUT2D eigenvalue weighted by Crippen LogP contribution is 2.36. The Morgan fingerprint density at radius 2 is 1.69 bits per heavy atom. The average Bonchev–Trinajstić information content (AvgIpc) is 3.19. The number of benzene rings is 2. The van der Waals surface area contributed by atoms with E-state index in [1.807, 2.05) is 30.3 Å². The van der Waals surface area contributed by atoms with Crippen LogP contribution in [0.15, 0.2) is 70.0 Å². The highest BCUT2D eigenvalue weighted by atomic mass is 32.2. The van der Waals surface area contributed by atoms with E-state index in [9.17, 15) is 13.2 Å². The number of fused-ring (bicyclic) bond motifs is 1. The molecule has 1 atom stereocenters. The molecule has 1 fully saturated rings. The maximum absolute atomic E-state index is 13.5. The van der Waals surface area contributed by atoms with Gasteiger partial charge in [0.1, 0.15) is 11.3 Å². The van der Waals surface area contributed by atoms with Crippen LogP contribution < -0.4 is 5.32 Å². The van der Waals surface area contributed by atoms with E-state index in [0.29, 0.717) is 5.76 Å². The van der Waals surface area contributed by atoms with Crippen LogP contribution >= 0.6 is 0 Å². The fourth-order valence-electron chi connectivity index (χ4n) is 3.76. The second-order valence-corrected chi connectivity index (χ2v) is 9.56. The summed E-state index contributed by atoms with van der Waals surface area (Å²) < 4.78 is 36.6. The van der Waals surface area contributed by atoms with Gasteiger partial charge in [-0.3, -0.25) is 4.79 Å². The van der Waals surface area contributed by atoms with Gasteiger partial charge in [-0.05, 0) is 44.0 Å². The second-order valence-electron chi connectivity index (χ2n) is 7.30. The Morgan fingerprint density at radius 1 is 1.03 bits per heavy atom. The molecule has 1 aliphatic heterocycles. The third-order valence-corrected chi connectivity index (χ3v) is 8.02. The highest BCUT2D eigenvalue weighted by molar-refractivity contribution is 7.93. The van der Waals surface area contributed by atoms with Gasteiger partial charge in [-0.1, -0.05) is 36.4 Å². The van der Waals surface area contributed by atoms with Gasteiger partial charge in [0.25, 0.3) is 0 Å². The number of hydrogen-bond donors (Lipinski definition) is 1. The lowest BCUT2D eigenvalue weighted by molar-refractivity contribution is -0.126. The van der Waals surface area contributed by atoms with Crippen molar-refractivity contribution < 1.29 is 22.4 Å². The Kier molecular flexibility index (Phi) is 5.19. The summed E-state index contributed by atoms with van der Waals surface area (Å²) in [5.41, 5.74) is 0.723. The largest absolute Gasteiger partial charge is 0.459 e. The first kappa shape index (κ1) is 19.7. The number of amides is 1. The van der Waals surface area contributed by atoms with Crippen molar-refractivity contribution in [3.8, 4) is 0 Å². The minimum absolute atomic E-state index is 0.114. The van der Waals surface area contributed by atoms with Crippen LogP contribution in [-0.2, 0) is 19.4 Å². The minimum Gasteiger partial charge on any atom is -0.459 e. The van der Waals surface area contributed by atoms with E-state index in [2.05, 4.69) is 5.32 Å². The van der Waals surface area contributed by atoms with E-state index in [1.165, 1.54) is 12.1 Å². The van der Waals surface area contributed by atoms with Gasteiger partial charge >= 0.3 is 0 Å². The van der Waals surface area contributed by atoms with Crippen LogP contribution in [0.1, 0.15) is 31.6 Å². The summed E-state index contributed by atoms with van der Waals surface area (Å²) in [6.45, 7) is 2.23. The van der Waals surface area contributed by atoms with Crippen LogP contribution in [0.3, 0.4) is 0 Å². The summed E-state index contributed by atoms with van der Waals surface area (Å²) in [6.07, 6.45) is 0.228. The molecule has 6 nitrogen and oxygen atoms in total. The lowest BCUT2D eigenvalue weighted by Crippen LogP contribution is -2.55. The monoisotopic (exact) mass is 413 g/mol. The number of nitrogens with one attached hydrogen (secondary N) is 1. The Labute approximate surface area is 169 Å². The zero-order chi connectivity index (χ0) is 20.5. The van der Waals surface area contributed by atoms with Crippen LogP contribution in [0.4, 0.5) is 0 Å². The van der Waals surface area contributed by atoms with Gasteiger partial charge in [0.2, 0.25) is 5.91 Å². The van der Waals surface area contributed by atoms with Crippen molar-refractivity contribution in [2.75, 3.05) is 13.2 Å². The van der Waals surface area contributed by atoms with Crippen LogP contribution in [0.25, 0.3) is 11.0 Å². The van der Waals surface area contributed by atoms with E-state index in [1.54, 1.807) is 25.1 Å². The van der Waals surface area contributed by atoms with Crippen molar-refractivity contribution in [3.63, 3.8) is 0 Å². The van der Waals surface area contributed by atoms with E-state index < -0.39 is 26.5 Å². The zero-order valence-corrected chi connectivity index (χ0v) is 16.9. The normalized spacial score (nSPS) is 17.7. The quantitative estimate of drug-likeness (QED) is 0.690. The first-order valence-corrected chi connectivity index (χ1v) is 11.1. The van der Waals surface area contributed by atoms with Crippen LogP contribution in [0.2, 0.25) is 0 Å². The minimum atomic E-state index is -3.90. The molecule has 1 aliphatic rings. The Morgan fingerprint density at radius 3 is 2.38 bits per heavy atom. The zero-order valence-electron chi connectivity index (χ0n) is 16.1. The van der Waals surface area contributed by atoms with Gasteiger partial charge < -0.3 is 14.5 Å². The lowest BCUT2D eigenvalue weighted by Gasteiger charge is -2.35. The standard InChI is InChI=1S/C22H23NO5S/c1-16(20-15-17-7-5-6-10-19(17)28-20)23-21(24)22(11-13-27-14-12-22)29(25,26)18-8-3-2-4-9-18/h2-10,15-16H,11-14H2,1H3,(H,23,24)/t16-/m1/s1. The first-order chi connectivity index (χ1) is 13.9. The average molecular weight is 413 g/mol. The SMILES string of the molecule is C[C@@H](NC(=O)C1(S(=O)(=O)c2ccccc2)CCOCC1)c1cc2ccccc2o1. The number of sulfone groups is 1. The molecule has 1 aromatic heterocycles. The molecule has 0 spiro atoms. The van der Waals surface area contributed by atoms with Gasteiger partial charge in [0, 0.05) is 18.6 Å². The number of hydrogen-bond acceptors (Lipinski definition) is 5.